The van der Waals surface area contributed by atoms with Crippen LogP contribution in [0.1, 0.15) is 15.9 Å². The van der Waals surface area contributed by atoms with Crippen LogP contribution in [0.25, 0.3) is 10.4 Å². The molecule has 0 radical (unpaired) electrons. The Hall–Kier alpha value is -3.52. The number of amides is 1. The number of nitrogens with zero attached hydrogens (tertiary/aromatic N) is 4. The zero-order valence-corrected chi connectivity index (χ0v) is 19.8. The molecular weight excluding hydrogens is 470 g/mol. The molecule has 1 aromatic heterocycles. The van der Waals surface area contributed by atoms with Gasteiger partial charge in [-0.3, -0.25) is 9.69 Å². The minimum absolute atomic E-state index is 0.108. The maximum absolute atomic E-state index is 12.9. The van der Waals surface area contributed by atoms with Gasteiger partial charge in [-0.05, 0) is 47.3 Å². The average molecular weight is 492 g/mol. The second-order valence-electron chi connectivity index (χ2n) is 8.09. The molecule has 8 nitrogen and oxygen atoms in total. The molecule has 172 valence electrons. The number of anilines is 1. The van der Waals surface area contributed by atoms with Crippen LogP contribution in [0.4, 0.5) is 5.69 Å². The van der Waals surface area contributed by atoms with E-state index in [4.69, 9.17) is 5.26 Å². The highest BCUT2D eigenvalue weighted by molar-refractivity contribution is 7.90. The van der Waals surface area contributed by atoms with Crippen molar-refractivity contribution in [2.75, 3.05) is 38.0 Å². The fourth-order valence-electron chi connectivity index (χ4n) is 4.10. The van der Waals surface area contributed by atoms with Crippen LogP contribution >= 0.6 is 11.3 Å². The molecule has 0 spiro atoms. The third-order valence-electron chi connectivity index (χ3n) is 5.85. The summed E-state index contributed by atoms with van der Waals surface area (Å²) in [6, 6.07) is 18.0. The lowest BCUT2D eigenvalue weighted by molar-refractivity contribution is 0.0654. The van der Waals surface area contributed by atoms with Crippen molar-refractivity contribution in [3.8, 4) is 16.5 Å². The van der Waals surface area contributed by atoms with E-state index in [1.165, 1.54) is 0 Å². The molecule has 1 amide bonds. The van der Waals surface area contributed by atoms with Gasteiger partial charge in [0.15, 0.2) is 0 Å². The van der Waals surface area contributed by atoms with Gasteiger partial charge in [-0.15, -0.1) is 15.7 Å². The molecule has 3 heterocycles. The third-order valence-corrected chi connectivity index (χ3v) is 8.12. The molecule has 34 heavy (non-hydrogen) atoms. The highest BCUT2D eigenvalue weighted by Gasteiger charge is 2.28. The van der Waals surface area contributed by atoms with Crippen LogP contribution in [-0.2, 0) is 10.0 Å². The fourth-order valence-corrected chi connectivity index (χ4v) is 5.99. The van der Waals surface area contributed by atoms with Gasteiger partial charge in [0.05, 0.1) is 23.9 Å². The van der Waals surface area contributed by atoms with E-state index in [0.29, 0.717) is 55.4 Å². The minimum atomic E-state index is -3.81. The first-order chi connectivity index (χ1) is 16.4. The van der Waals surface area contributed by atoms with E-state index in [0.717, 1.165) is 10.4 Å². The summed E-state index contributed by atoms with van der Waals surface area (Å²) in [6.07, 6.45) is 0. The Morgan fingerprint density at radius 1 is 1.09 bits per heavy atom. The predicted molar refractivity (Wildman–Crippen MR) is 131 cm³/mol. The molecule has 2 aromatic carbocycles. The van der Waals surface area contributed by atoms with Crippen molar-refractivity contribution < 1.29 is 13.2 Å². The summed E-state index contributed by atoms with van der Waals surface area (Å²) in [5.41, 5.74) is 2.32. The summed E-state index contributed by atoms with van der Waals surface area (Å²) in [5.74, 6) is 0.265. The molecular formula is C24H21N5O3S2. The Labute approximate surface area is 201 Å². The van der Waals surface area contributed by atoms with E-state index in [2.05, 4.69) is 20.7 Å². The normalized spacial score (nSPS) is 17.3. The summed E-state index contributed by atoms with van der Waals surface area (Å²) in [7, 11) is -3.81. The zero-order valence-electron chi connectivity index (χ0n) is 18.1. The van der Waals surface area contributed by atoms with Gasteiger partial charge in [0.25, 0.3) is 15.9 Å². The first-order valence-electron chi connectivity index (χ1n) is 10.7. The largest absolute Gasteiger partial charge is 0.341 e. The molecule has 0 aliphatic carbocycles. The van der Waals surface area contributed by atoms with Crippen molar-refractivity contribution in [3.05, 3.63) is 71.1 Å². The van der Waals surface area contributed by atoms with Crippen LogP contribution in [-0.4, -0.2) is 62.7 Å². The number of rotatable bonds is 4. The van der Waals surface area contributed by atoms with Crippen LogP contribution < -0.4 is 5.32 Å². The van der Waals surface area contributed by atoms with E-state index in [9.17, 15) is 13.2 Å². The molecule has 10 heteroatoms. The Morgan fingerprint density at radius 3 is 2.65 bits per heavy atom. The SMILES string of the molecule is N#Cc1cccc(C(=O)N2CCN(CC3=NS(=O)(=O)c4cc(-c5cccs5)ccc4N3)CC2)c1. The molecule has 2 aliphatic rings. The van der Waals surface area contributed by atoms with Crippen LogP contribution in [0.2, 0.25) is 0 Å². The highest BCUT2D eigenvalue weighted by Crippen LogP contribution is 2.33. The van der Waals surface area contributed by atoms with Crippen LogP contribution in [0, 0.1) is 11.3 Å². The predicted octanol–water partition coefficient (Wildman–Crippen LogP) is 3.26. The molecule has 0 atom stereocenters. The van der Waals surface area contributed by atoms with Gasteiger partial charge in [-0.25, -0.2) is 0 Å². The van der Waals surface area contributed by atoms with Crippen molar-refractivity contribution in [1.82, 2.24) is 9.80 Å². The van der Waals surface area contributed by atoms with Gasteiger partial charge in [0.1, 0.15) is 10.7 Å². The van der Waals surface area contributed by atoms with Crippen molar-refractivity contribution in [2.45, 2.75) is 4.90 Å². The van der Waals surface area contributed by atoms with Crippen molar-refractivity contribution in [3.63, 3.8) is 0 Å². The second-order valence-corrected chi connectivity index (χ2v) is 10.6. The van der Waals surface area contributed by atoms with Gasteiger partial charge in [-0.1, -0.05) is 18.2 Å². The number of amidine groups is 1. The van der Waals surface area contributed by atoms with Gasteiger partial charge in [-0.2, -0.15) is 13.7 Å². The molecule has 0 bridgehead atoms. The van der Waals surface area contributed by atoms with Crippen molar-refractivity contribution >= 4 is 38.8 Å². The van der Waals surface area contributed by atoms with E-state index in [1.807, 2.05) is 23.6 Å². The summed E-state index contributed by atoms with van der Waals surface area (Å²) in [4.78, 5) is 17.8. The van der Waals surface area contributed by atoms with Gasteiger partial charge >= 0.3 is 0 Å². The first kappa shape index (κ1) is 22.3. The number of piperazine rings is 1. The lowest BCUT2D eigenvalue weighted by atomic mass is 10.1. The van der Waals surface area contributed by atoms with E-state index < -0.39 is 10.0 Å². The lowest BCUT2D eigenvalue weighted by Gasteiger charge is -2.35. The van der Waals surface area contributed by atoms with Crippen molar-refractivity contribution in [2.24, 2.45) is 4.40 Å². The smallest absolute Gasteiger partial charge is 0.286 e. The van der Waals surface area contributed by atoms with Gasteiger partial charge in [0.2, 0.25) is 0 Å². The molecule has 1 saturated heterocycles. The number of hydrogen-bond acceptors (Lipinski definition) is 7. The third kappa shape index (κ3) is 4.46. The Morgan fingerprint density at radius 2 is 1.91 bits per heavy atom. The fraction of sp³-hybridized carbons (Fsp3) is 0.208. The van der Waals surface area contributed by atoms with Crippen LogP contribution in [0.5, 0.6) is 0 Å². The second kappa shape index (κ2) is 9.02. The molecule has 1 N–H and O–H groups in total. The topological polar surface area (TPSA) is 106 Å². The maximum Gasteiger partial charge on any atom is 0.286 e. The Bertz CT molecular complexity index is 1420. The first-order valence-corrected chi connectivity index (χ1v) is 13.1. The zero-order chi connectivity index (χ0) is 23.7. The number of carbonyl (C=O) groups is 1. The van der Waals surface area contributed by atoms with E-state index in [-0.39, 0.29) is 10.8 Å². The summed E-state index contributed by atoms with van der Waals surface area (Å²) in [5, 5.41) is 14.2. The number of carbonyl (C=O) groups excluding carboxylic acids is 1. The lowest BCUT2D eigenvalue weighted by Crippen LogP contribution is -2.50. The van der Waals surface area contributed by atoms with Crippen LogP contribution in [0.15, 0.2) is 69.3 Å². The number of fused-ring (bicyclic) bond motifs is 1. The Balaban J connectivity index is 1.24. The number of nitrogens with one attached hydrogen (secondary N) is 1. The van der Waals surface area contributed by atoms with E-state index >= 15 is 0 Å². The molecule has 2 aliphatic heterocycles. The summed E-state index contributed by atoms with van der Waals surface area (Å²) < 4.78 is 29.8. The Kier molecular flexibility index (Phi) is 5.91. The van der Waals surface area contributed by atoms with Gasteiger partial charge < -0.3 is 10.2 Å². The number of hydrogen-bond donors (Lipinski definition) is 1. The standard InChI is InChI=1S/C24H21N5O3S2/c25-15-17-3-1-4-19(13-17)24(30)29-10-8-28(9-11-29)16-23-26-20-7-6-18(21-5-2-12-33-21)14-22(20)34(31,32)27-23/h1-7,12-14H,8-11,16H2,(H,26,27). The molecule has 0 saturated carbocycles. The van der Waals surface area contributed by atoms with Gasteiger partial charge in [0, 0.05) is 36.6 Å². The minimum Gasteiger partial charge on any atom is -0.341 e. The molecule has 5 rings (SSSR count). The average Bonchev–Trinajstić information content (AvgIpc) is 3.39. The quantitative estimate of drug-likeness (QED) is 0.601. The molecule has 3 aromatic rings. The van der Waals surface area contributed by atoms with E-state index in [1.54, 1.807) is 52.6 Å². The maximum atomic E-state index is 12.9. The number of thiophene rings is 1. The molecule has 1 fully saturated rings. The molecule has 0 unspecified atom stereocenters. The monoisotopic (exact) mass is 491 g/mol. The van der Waals surface area contributed by atoms with Crippen LogP contribution in [0.3, 0.4) is 0 Å². The highest BCUT2D eigenvalue weighted by atomic mass is 32.2. The number of nitriles is 1. The summed E-state index contributed by atoms with van der Waals surface area (Å²) >= 11 is 1.55. The number of sulfonamides is 1. The summed E-state index contributed by atoms with van der Waals surface area (Å²) in [6.45, 7) is 2.55. The number of benzene rings is 2. The van der Waals surface area contributed by atoms with Crippen molar-refractivity contribution in [1.29, 1.82) is 5.26 Å².